The van der Waals surface area contributed by atoms with Crippen LogP contribution in [0.4, 0.5) is 5.82 Å². The number of ether oxygens (including phenoxy) is 1. The van der Waals surface area contributed by atoms with Crippen LogP contribution in [0.3, 0.4) is 0 Å². The maximum Gasteiger partial charge on any atom is 0.231 e. The predicted molar refractivity (Wildman–Crippen MR) is 172 cm³/mol. The fourth-order valence-electron chi connectivity index (χ4n) is 7.62. The van der Waals surface area contributed by atoms with Gasteiger partial charge < -0.3 is 4.74 Å². The summed E-state index contributed by atoms with van der Waals surface area (Å²) in [7, 11) is 1.75. The maximum absolute atomic E-state index is 14.3. The lowest BCUT2D eigenvalue weighted by Crippen LogP contribution is -2.51. The van der Waals surface area contributed by atoms with Crippen LogP contribution in [-0.4, -0.2) is 29.5 Å². The SMILES string of the molecule is COc1ccc(C23CCC(CN(C(=O)C4CC[CH]CC4)c4cc(-c5cnc(C(C)(C)C)s5)ccn4)(CC2)CC3)cc1C. The van der Waals surface area contributed by atoms with Crippen molar-refractivity contribution in [2.45, 2.75) is 103 Å². The molecule has 4 fully saturated rings. The molecule has 1 amide bonds. The molecule has 0 spiro atoms. The Morgan fingerprint density at radius 3 is 2.36 bits per heavy atom. The van der Waals surface area contributed by atoms with Crippen molar-refractivity contribution in [3.05, 3.63) is 65.3 Å². The number of amides is 1. The Kier molecular flexibility index (Phi) is 7.97. The van der Waals surface area contributed by atoms with Gasteiger partial charge in [0.2, 0.25) is 5.91 Å². The van der Waals surface area contributed by atoms with Crippen molar-refractivity contribution < 1.29 is 9.53 Å². The largest absolute Gasteiger partial charge is 0.496 e. The Morgan fingerprint density at radius 1 is 1.02 bits per heavy atom. The Hall–Kier alpha value is -2.73. The fourth-order valence-corrected chi connectivity index (χ4v) is 8.59. The van der Waals surface area contributed by atoms with Crippen molar-refractivity contribution in [1.29, 1.82) is 0 Å². The number of aromatic nitrogens is 2. The number of benzene rings is 1. The first-order valence-corrected chi connectivity index (χ1v) is 16.6. The first-order valence-electron chi connectivity index (χ1n) is 15.8. The number of nitrogens with zero attached hydrogens (tertiary/aromatic N) is 3. The Balaban J connectivity index is 1.27. The quantitative estimate of drug-likeness (QED) is 0.278. The molecule has 1 aromatic carbocycles. The van der Waals surface area contributed by atoms with E-state index in [0.717, 1.165) is 78.5 Å². The summed E-state index contributed by atoms with van der Waals surface area (Å²) >= 11 is 1.74. The van der Waals surface area contributed by atoms with E-state index >= 15 is 0 Å². The second kappa shape index (κ2) is 11.4. The van der Waals surface area contributed by atoms with Gasteiger partial charge in [-0.3, -0.25) is 9.69 Å². The van der Waals surface area contributed by atoms with Crippen LogP contribution in [0.25, 0.3) is 10.4 Å². The minimum atomic E-state index is 0.0135. The first-order chi connectivity index (χ1) is 20.1. The molecule has 7 rings (SSSR count). The number of rotatable bonds is 7. The van der Waals surface area contributed by atoms with Gasteiger partial charge in [-0.15, -0.1) is 11.3 Å². The van der Waals surface area contributed by atoms with Crippen molar-refractivity contribution in [3.63, 3.8) is 0 Å². The lowest BCUT2D eigenvalue weighted by atomic mass is 9.51. The van der Waals surface area contributed by atoms with Crippen LogP contribution in [0.2, 0.25) is 0 Å². The summed E-state index contributed by atoms with van der Waals surface area (Å²) < 4.78 is 5.54. The molecule has 3 aromatic rings. The number of pyridine rings is 1. The molecule has 4 saturated carbocycles. The van der Waals surface area contributed by atoms with Crippen molar-refractivity contribution in [3.8, 4) is 16.2 Å². The van der Waals surface area contributed by atoms with E-state index in [-0.39, 0.29) is 28.1 Å². The minimum Gasteiger partial charge on any atom is -0.496 e. The van der Waals surface area contributed by atoms with E-state index in [1.807, 2.05) is 12.4 Å². The number of hydrogen-bond donors (Lipinski definition) is 0. The van der Waals surface area contributed by atoms with E-state index in [2.05, 4.69) is 69.3 Å². The molecule has 6 heteroatoms. The zero-order valence-corrected chi connectivity index (χ0v) is 26.9. The van der Waals surface area contributed by atoms with Crippen LogP contribution in [0.1, 0.15) is 101 Å². The van der Waals surface area contributed by atoms with Gasteiger partial charge in [0.05, 0.1) is 17.0 Å². The summed E-state index contributed by atoms with van der Waals surface area (Å²) in [6.07, 6.45) is 17.2. The van der Waals surface area contributed by atoms with Crippen molar-refractivity contribution in [2.75, 3.05) is 18.6 Å². The van der Waals surface area contributed by atoms with E-state index in [1.54, 1.807) is 18.4 Å². The van der Waals surface area contributed by atoms with Crippen LogP contribution < -0.4 is 9.64 Å². The average Bonchev–Trinajstić information content (AvgIpc) is 3.53. The molecule has 0 unspecified atom stereocenters. The summed E-state index contributed by atoms with van der Waals surface area (Å²) in [4.78, 5) is 27.1. The smallest absolute Gasteiger partial charge is 0.231 e. The first kappa shape index (κ1) is 29.3. The van der Waals surface area contributed by atoms with E-state index in [4.69, 9.17) is 14.7 Å². The van der Waals surface area contributed by atoms with Crippen molar-refractivity contribution in [1.82, 2.24) is 9.97 Å². The lowest BCUT2D eigenvalue weighted by Gasteiger charge is -2.55. The summed E-state index contributed by atoms with van der Waals surface area (Å²) in [5.41, 5.74) is 4.20. The standard InChI is InChI=1S/C36H46N3O2S/c1-25-21-28(11-12-29(25)41-5)36-17-14-35(15-18-36,16-19-36)24-39(32(40)26-9-7-6-8-10-26)31-22-27(13-20-37-31)30-23-38-33(42-30)34(2,3)4/h6,11-13,20-23,26H,7-10,14-19,24H2,1-5H3. The van der Waals surface area contributed by atoms with Gasteiger partial charge in [0.25, 0.3) is 0 Å². The lowest BCUT2D eigenvalue weighted by molar-refractivity contribution is -0.123. The van der Waals surface area contributed by atoms with Crippen LogP contribution in [0.15, 0.2) is 42.7 Å². The molecule has 42 heavy (non-hydrogen) atoms. The number of methoxy groups -OCH3 is 1. The van der Waals surface area contributed by atoms with E-state index in [9.17, 15) is 4.79 Å². The molecule has 1 radical (unpaired) electrons. The number of hydrogen-bond acceptors (Lipinski definition) is 5. The highest BCUT2D eigenvalue weighted by atomic mass is 32.1. The highest BCUT2D eigenvalue weighted by Crippen LogP contribution is 2.58. The topological polar surface area (TPSA) is 55.3 Å². The Labute approximate surface area is 256 Å². The number of carbonyl (C=O) groups is 1. The van der Waals surface area contributed by atoms with E-state index < -0.39 is 0 Å². The van der Waals surface area contributed by atoms with Gasteiger partial charge in [-0.1, -0.05) is 32.9 Å². The van der Waals surface area contributed by atoms with Gasteiger partial charge in [0.1, 0.15) is 11.6 Å². The van der Waals surface area contributed by atoms with Crippen LogP contribution in [-0.2, 0) is 15.6 Å². The highest BCUT2D eigenvalue weighted by Gasteiger charge is 2.50. The molecular formula is C36H46N3O2S. The molecule has 4 aliphatic carbocycles. The number of thiazole rings is 1. The molecule has 4 aliphatic rings. The molecule has 0 atom stereocenters. The van der Waals surface area contributed by atoms with Gasteiger partial charge >= 0.3 is 0 Å². The molecule has 2 aromatic heterocycles. The summed E-state index contributed by atoms with van der Waals surface area (Å²) in [6.45, 7) is 9.53. The van der Waals surface area contributed by atoms with Crippen LogP contribution in [0, 0.1) is 24.7 Å². The summed E-state index contributed by atoms with van der Waals surface area (Å²) in [5.74, 6) is 2.13. The van der Waals surface area contributed by atoms with Crippen molar-refractivity contribution >= 4 is 23.1 Å². The highest BCUT2D eigenvalue weighted by molar-refractivity contribution is 7.15. The van der Waals surface area contributed by atoms with E-state index in [0.29, 0.717) is 0 Å². The van der Waals surface area contributed by atoms with Crippen molar-refractivity contribution in [2.24, 2.45) is 11.3 Å². The third kappa shape index (κ3) is 5.64. The number of carbonyl (C=O) groups excluding carboxylic acids is 1. The fraction of sp³-hybridized carbons (Fsp3) is 0.556. The molecule has 5 nitrogen and oxygen atoms in total. The van der Waals surface area contributed by atoms with Crippen LogP contribution in [0.5, 0.6) is 5.75 Å². The number of fused-ring (bicyclic) bond motifs is 3. The third-order valence-corrected chi connectivity index (χ3v) is 11.9. The molecule has 0 aliphatic heterocycles. The summed E-state index contributed by atoms with van der Waals surface area (Å²) in [5, 5.41) is 1.13. The Morgan fingerprint density at radius 2 is 1.74 bits per heavy atom. The molecule has 223 valence electrons. The zero-order valence-electron chi connectivity index (χ0n) is 26.0. The minimum absolute atomic E-state index is 0.0135. The second-order valence-corrected chi connectivity index (χ2v) is 15.2. The Bertz CT molecular complexity index is 1410. The van der Waals surface area contributed by atoms with E-state index in [1.165, 1.54) is 30.4 Å². The molecule has 2 bridgehead atoms. The zero-order chi connectivity index (χ0) is 29.5. The molecule has 2 heterocycles. The van der Waals surface area contributed by atoms with Gasteiger partial charge in [-0.2, -0.15) is 0 Å². The molecule has 0 N–H and O–H groups in total. The maximum atomic E-state index is 14.3. The second-order valence-electron chi connectivity index (χ2n) is 14.2. The molecular weight excluding hydrogens is 538 g/mol. The average molecular weight is 585 g/mol. The number of anilines is 1. The molecule has 0 saturated heterocycles. The predicted octanol–water partition coefficient (Wildman–Crippen LogP) is 8.84. The van der Waals surface area contributed by atoms with Gasteiger partial charge in [-0.05, 0) is 123 Å². The third-order valence-electron chi connectivity index (χ3n) is 10.4. The van der Waals surface area contributed by atoms with Gasteiger partial charge in [0.15, 0.2) is 0 Å². The normalized spacial score (nSPS) is 24.5. The van der Waals surface area contributed by atoms with Gasteiger partial charge in [0, 0.05) is 30.3 Å². The monoisotopic (exact) mass is 584 g/mol. The summed E-state index contributed by atoms with van der Waals surface area (Å²) in [6, 6.07) is 11.0. The van der Waals surface area contributed by atoms with Crippen LogP contribution >= 0.6 is 11.3 Å². The number of aryl methyl sites for hydroxylation is 1. The van der Waals surface area contributed by atoms with Gasteiger partial charge in [-0.25, -0.2) is 9.97 Å².